The lowest BCUT2D eigenvalue weighted by Crippen LogP contribution is -1.99. The van der Waals surface area contributed by atoms with Crippen LogP contribution in [0.4, 0.5) is 5.95 Å². The summed E-state index contributed by atoms with van der Waals surface area (Å²) in [6.07, 6.45) is 0. The Kier molecular flexibility index (Phi) is 2.35. The molecular formula is C8H7ClN4S. The molecule has 4 nitrogen and oxygen atoms in total. The number of aromatic nitrogens is 3. The molecule has 2 rings (SSSR count). The number of nitrogen functional groups attached to an aromatic ring is 1. The van der Waals surface area contributed by atoms with Crippen LogP contribution in [0.5, 0.6) is 0 Å². The van der Waals surface area contributed by atoms with E-state index in [1.807, 2.05) is 18.4 Å². The molecule has 0 saturated heterocycles. The zero-order valence-electron chi connectivity index (χ0n) is 7.36. The molecule has 14 heavy (non-hydrogen) atoms. The van der Waals surface area contributed by atoms with Crippen molar-refractivity contribution in [3.05, 3.63) is 22.3 Å². The number of aryl methyl sites for hydroxylation is 1. The first kappa shape index (κ1) is 9.36. The van der Waals surface area contributed by atoms with E-state index in [9.17, 15) is 0 Å². The van der Waals surface area contributed by atoms with Gasteiger partial charge in [-0.2, -0.15) is 15.0 Å². The summed E-state index contributed by atoms with van der Waals surface area (Å²) >= 11 is 7.23. The largest absolute Gasteiger partial charge is 0.368 e. The van der Waals surface area contributed by atoms with Gasteiger partial charge in [0.25, 0.3) is 0 Å². The second-order valence-electron chi connectivity index (χ2n) is 2.72. The number of hydrogen-bond acceptors (Lipinski definition) is 5. The minimum absolute atomic E-state index is 0.125. The highest BCUT2D eigenvalue weighted by Crippen LogP contribution is 2.26. The highest BCUT2D eigenvalue weighted by molar-refractivity contribution is 7.13. The van der Waals surface area contributed by atoms with E-state index in [2.05, 4.69) is 15.0 Å². The Bertz CT molecular complexity index is 448. The summed E-state index contributed by atoms with van der Waals surface area (Å²) in [6, 6.07) is 1.99. The maximum absolute atomic E-state index is 5.68. The summed E-state index contributed by atoms with van der Waals surface area (Å²) in [5.74, 6) is 0.683. The van der Waals surface area contributed by atoms with Gasteiger partial charge in [0.05, 0.1) is 4.88 Å². The van der Waals surface area contributed by atoms with Crippen LogP contribution in [0.1, 0.15) is 5.56 Å². The third kappa shape index (κ3) is 1.69. The smallest absolute Gasteiger partial charge is 0.227 e. The fourth-order valence-corrected chi connectivity index (χ4v) is 2.09. The van der Waals surface area contributed by atoms with Crippen molar-refractivity contribution >= 4 is 28.9 Å². The summed E-state index contributed by atoms with van der Waals surface area (Å²) < 4.78 is 0. The molecule has 2 aromatic rings. The zero-order valence-corrected chi connectivity index (χ0v) is 8.93. The lowest BCUT2D eigenvalue weighted by atomic mass is 10.3. The molecule has 0 spiro atoms. The van der Waals surface area contributed by atoms with E-state index < -0.39 is 0 Å². The quantitative estimate of drug-likeness (QED) is 0.809. The van der Waals surface area contributed by atoms with E-state index in [1.54, 1.807) is 11.3 Å². The standard InChI is InChI=1S/C8H7ClN4S/c1-4-2-3-14-5(4)6-11-7(9)13-8(10)12-6/h2-3H,1H3,(H2,10,11,12,13). The number of thiophene rings is 1. The second-order valence-corrected chi connectivity index (χ2v) is 3.97. The average Bonchev–Trinajstić information content (AvgIpc) is 2.49. The fraction of sp³-hybridized carbons (Fsp3) is 0.125. The average molecular weight is 227 g/mol. The lowest BCUT2D eigenvalue weighted by Gasteiger charge is -1.99. The van der Waals surface area contributed by atoms with Crippen molar-refractivity contribution in [2.45, 2.75) is 6.92 Å². The number of anilines is 1. The summed E-state index contributed by atoms with van der Waals surface area (Å²) in [5, 5.41) is 2.10. The van der Waals surface area contributed by atoms with Gasteiger partial charge < -0.3 is 5.73 Å². The summed E-state index contributed by atoms with van der Waals surface area (Å²) in [7, 11) is 0. The Balaban J connectivity index is 2.57. The van der Waals surface area contributed by atoms with E-state index in [4.69, 9.17) is 17.3 Å². The molecule has 0 fully saturated rings. The van der Waals surface area contributed by atoms with E-state index in [-0.39, 0.29) is 11.2 Å². The molecule has 0 aliphatic carbocycles. The van der Waals surface area contributed by atoms with Crippen LogP contribution < -0.4 is 5.73 Å². The maximum Gasteiger partial charge on any atom is 0.227 e. The Morgan fingerprint density at radius 3 is 2.71 bits per heavy atom. The molecule has 2 N–H and O–H groups in total. The van der Waals surface area contributed by atoms with Crippen molar-refractivity contribution in [2.75, 3.05) is 5.73 Å². The first-order chi connectivity index (χ1) is 6.66. The highest BCUT2D eigenvalue weighted by Gasteiger charge is 2.08. The SMILES string of the molecule is Cc1ccsc1-c1nc(N)nc(Cl)n1. The molecule has 2 heterocycles. The molecule has 0 aromatic carbocycles. The van der Waals surface area contributed by atoms with E-state index in [0.717, 1.165) is 10.4 Å². The van der Waals surface area contributed by atoms with Gasteiger partial charge in [-0.1, -0.05) is 0 Å². The molecular weight excluding hydrogens is 220 g/mol. The Labute approximate surface area is 89.8 Å². The summed E-state index contributed by atoms with van der Waals surface area (Å²) in [5.41, 5.74) is 6.58. The van der Waals surface area contributed by atoms with Crippen molar-refractivity contribution in [3.8, 4) is 10.7 Å². The lowest BCUT2D eigenvalue weighted by molar-refractivity contribution is 1.07. The molecule has 0 saturated carbocycles. The van der Waals surface area contributed by atoms with Crippen molar-refractivity contribution in [3.63, 3.8) is 0 Å². The molecule has 6 heteroatoms. The van der Waals surface area contributed by atoms with Crippen molar-refractivity contribution in [2.24, 2.45) is 0 Å². The van der Waals surface area contributed by atoms with Gasteiger partial charge in [0.15, 0.2) is 5.82 Å². The van der Waals surface area contributed by atoms with Crippen molar-refractivity contribution in [1.82, 2.24) is 15.0 Å². The minimum atomic E-state index is 0.125. The summed E-state index contributed by atoms with van der Waals surface area (Å²) in [6.45, 7) is 1.99. The predicted octanol–water partition coefficient (Wildman–Crippen LogP) is 2.14. The van der Waals surface area contributed by atoms with Crippen LogP contribution >= 0.6 is 22.9 Å². The van der Waals surface area contributed by atoms with Gasteiger partial charge in [-0.25, -0.2) is 0 Å². The first-order valence-corrected chi connectivity index (χ1v) is 5.14. The molecule has 72 valence electrons. The molecule has 0 amide bonds. The maximum atomic E-state index is 5.68. The van der Waals surface area contributed by atoms with Gasteiger partial charge in [-0.3, -0.25) is 0 Å². The van der Waals surface area contributed by atoms with Gasteiger partial charge in [-0.05, 0) is 35.5 Å². The van der Waals surface area contributed by atoms with Crippen LogP contribution in [0.15, 0.2) is 11.4 Å². The zero-order chi connectivity index (χ0) is 10.1. The highest BCUT2D eigenvalue weighted by atomic mass is 35.5. The summed E-state index contributed by atoms with van der Waals surface area (Å²) in [4.78, 5) is 12.7. The van der Waals surface area contributed by atoms with Crippen LogP contribution in [-0.2, 0) is 0 Å². The monoisotopic (exact) mass is 226 g/mol. The van der Waals surface area contributed by atoms with Crippen molar-refractivity contribution < 1.29 is 0 Å². The molecule has 0 aliphatic heterocycles. The van der Waals surface area contributed by atoms with Crippen LogP contribution in [0.25, 0.3) is 10.7 Å². The molecule has 0 unspecified atom stereocenters. The van der Waals surface area contributed by atoms with Gasteiger partial charge in [-0.15, -0.1) is 11.3 Å². The second kappa shape index (κ2) is 3.51. The van der Waals surface area contributed by atoms with E-state index in [1.165, 1.54) is 0 Å². The fourth-order valence-electron chi connectivity index (χ4n) is 1.07. The number of nitrogens with two attached hydrogens (primary N) is 1. The number of rotatable bonds is 1. The number of halogens is 1. The molecule has 0 radical (unpaired) electrons. The topological polar surface area (TPSA) is 64.7 Å². The third-order valence-electron chi connectivity index (χ3n) is 1.69. The third-order valence-corrected chi connectivity index (χ3v) is 2.87. The first-order valence-electron chi connectivity index (χ1n) is 3.88. The Morgan fingerprint density at radius 2 is 2.14 bits per heavy atom. The van der Waals surface area contributed by atoms with Gasteiger partial charge in [0.1, 0.15) is 0 Å². The van der Waals surface area contributed by atoms with Crippen LogP contribution in [0.3, 0.4) is 0 Å². The molecule has 0 atom stereocenters. The Hall–Kier alpha value is -1.20. The van der Waals surface area contributed by atoms with Crippen LogP contribution in [-0.4, -0.2) is 15.0 Å². The normalized spacial score (nSPS) is 10.4. The number of nitrogens with zero attached hydrogens (tertiary/aromatic N) is 3. The minimum Gasteiger partial charge on any atom is -0.368 e. The predicted molar refractivity (Wildman–Crippen MR) is 57.3 cm³/mol. The van der Waals surface area contributed by atoms with Crippen LogP contribution in [0, 0.1) is 6.92 Å². The Morgan fingerprint density at radius 1 is 1.36 bits per heavy atom. The molecule has 0 bridgehead atoms. The van der Waals surface area contributed by atoms with Crippen molar-refractivity contribution in [1.29, 1.82) is 0 Å². The van der Waals surface area contributed by atoms with Gasteiger partial charge in [0, 0.05) is 0 Å². The van der Waals surface area contributed by atoms with E-state index in [0.29, 0.717) is 5.82 Å². The molecule has 2 aromatic heterocycles. The number of hydrogen-bond donors (Lipinski definition) is 1. The van der Waals surface area contributed by atoms with E-state index >= 15 is 0 Å². The van der Waals surface area contributed by atoms with Crippen LogP contribution in [0.2, 0.25) is 5.28 Å². The molecule has 0 aliphatic rings. The van der Waals surface area contributed by atoms with Gasteiger partial charge >= 0.3 is 0 Å². The van der Waals surface area contributed by atoms with Gasteiger partial charge in [0.2, 0.25) is 11.2 Å².